The molecule has 3 N–H and O–H groups in total. The van der Waals surface area contributed by atoms with Gasteiger partial charge in [0.05, 0.1) is 0 Å². The molecule has 2 rings (SSSR count). The van der Waals surface area contributed by atoms with Crippen LogP contribution in [0.25, 0.3) is 10.3 Å². The molecular formula is C9H12N4O2S. The molecule has 0 radical (unpaired) electrons. The highest BCUT2D eigenvalue weighted by Gasteiger charge is 2.11. The summed E-state index contributed by atoms with van der Waals surface area (Å²) in [4.78, 5) is 29.4. The van der Waals surface area contributed by atoms with Crippen LogP contribution in [0.5, 0.6) is 0 Å². The first-order valence-corrected chi connectivity index (χ1v) is 5.84. The Hall–Kier alpha value is -1.63. The minimum atomic E-state index is -0.420. The maximum Gasteiger partial charge on any atom is 0.330 e. The summed E-state index contributed by atoms with van der Waals surface area (Å²) >= 11 is 1.10. The van der Waals surface area contributed by atoms with Crippen molar-refractivity contribution >= 4 is 26.8 Å². The average Bonchev–Trinajstić information content (AvgIpc) is 2.60. The molecule has 2 heterocycles. The van der Waals surface area contributed by atoms with E-state index in [9.17, 15) is 9.59 Å². The topological polar surface area (TPSA) is 93.8 Å². The van der Waals surface area contributed by atoms with E-state index in [0.29, 0.717) is 22.0 Å². The SMILES string of the molecule is CCCCn1c(=O)[nH]c(=O)c2sc(N)nc21. The summed E-state index contributed by atoms with van der Waals surface area (Å²) in [5, 5.41) is 0.302. The van der Waals surface area contributed by atoms with Crippen LogP contribution in [0.1, 0.15) is 19.8 Å². The number of anilines is 1. The number of aryl methyl sites for hydroxylation is 1. The first-order valence-electron chi connectivity index (χ1n) is 5.02. The zero-order chi connectivity index (χ0) is 11.7. The molecule has 0 fully saturated rings. The molecule has 2 aromatic rings. The molecule has 7 heteroatoms. The molecule has 0 spiro atoms. The van der Waals surface area contributed by atoms with Gasteiger partial charge in [-0.05, 0) is 6.42 Å². The van der Waals surface area contributed by atoms with E-state index >= 15 is 0 Å². The first-order chi connectivity index (χ1) is 7.63. The monoisotopic (exact) mass is 240 g/mol. The Kier molecular flexibility index (Phi) is 2.78. The Morgan fingerprint density at radius 1 is 1.50 bits per heavy atom. The second-order valence-corrected chi connectivity index (χ2v) is 4.50. The van der Waals surface area contributed by atoms with Crippen molar-refractivity contribution in [2.75, 3.05) is 5.73 Å². The highest BCUT2D eigenvalue weighted by atomic mass is 32.1. The lowest BCUT2D eigenvalue weighted by Crippen LogP contribution is -2.30. The summed E-state index contributed by atoms with van der Waals surface area (Å²) in [5.74, 6) is 0. The third kappa shape index (κ3) is 1.73. The number of H-pyrrole nitrogens is 1. The molecule has 0 aliphatic carbocycles. The third-order valence-electron chi connectivity index (χ3n) is 2.29. The number of hydrogen-bond acceptors (Lipinski definition) is 5. The van der Waals surface area contributed by atoms with Crippen LogP contribution in [0.3, 0.4) is 0 Å². The lowest BCUT2D eigenvalue weighted by Gasteiger charge is -2.03. The fourth-order valence-electron chi connectivity index (χ4n) is 1.50. The van der Waals surface area contributed by atoms with Gasteiger partial charge in [-0.25, -0.2) is 9.78 Å². The highest BCUT2D eigenvalue weighted by molar-refractivity contribution is 7.21. The largest absolute Gasteiger partial charge is 0.375 e. The second-order valence-electron chi connectivity index (χ2n) is 3.47. The quantitative estimate of drug-likeness (QED) is 0.818. The van der Waals surface area contributed by atoms with E-state index in [0.717, 1.165) is 24.2 Å². The summed E-state index contributed by atoms with van der Waals surface area (Å²) in [6.07, 6.45) is 1.82. The number of thiazole rings is 1. The number of fused-ring (bicyclic) bond motifs is 1. The van der Waals surface area contributed by atoms with Gasteiger partial charge in [-0.1, -0.05) is 24.7 Å². The highest BCUT2D eigenvalue weighted by Crippen LogP contribution is 2.18. The minimum absolute atomic E-state index is 0.302. The maximum absolute atomic E-state index is 11.6. The average molecular weight is 240 g/mol. The van der Waals surface area contributed by atoms with Crippen LogP contribution in [0.2, 0.25) is 0 Å². The van der Waals surface area contributed by atoms with E-state index in [1.807, 2.05) is 6.92 Å². The van der Waals surface area contributed by atoms with Gasteiger partial charge in [0.2, 0.25) is 0 Å². The zero-order valence-corrected chi connectivity index (χ0v) is 9.63. The van der Waals surface area contributed by atoms with Gasteiger partial charge in [0.15, 0.2) is 10.8 Å². The summed E-state index contributed by atoms with van der Waals surface area (Å²) in [6, 6.07) is 0. The molecule has 0 saturated heterocycles. The molecule has 0 bridgehead atoms. The van der Waals surface area contributed by atoms with Gasteiger partial charge in [-0.3, -0.25) is 14.3 Å². The molecule has 0 aliphatic rings. The van der Waals surface area contributed by atoms with Crippen molar-refractivity contribution in [3.63, 3.8) is 0 Å². The van der Waals surface area contributed by atoms with E-state index in [-0.39, 0.29) is 0 Å². The van der Waals surface area contributed by atoms with Gasteiger partial charge >= 0.3 is 5.69 Å². The number of nitrogens with one attached hydrogen (secondary N) is 1. The predicted molar refractivity (Wildman–Crippen MR) is 63.8 cm³/mol. The van der Waals surface area contributed by atoms with E-state index in [1.54, 1.807) is 0 Å². The Labute approximate surface area is 94.7 Å². The van der Waals surface area contributed by atoms with Crippen molar-refractivity contribution in [3.8, 4) is 0 Å². The molecule has 0 unspecified atom stereocenters. The van der Waals surface area contributed by atoms with E-state index in [4.69, 9.17) is 5.73 Å². The smallest absolute Gasteiger partial charge is 0.330 e. The summed E-state index contributed by atoms with van der Waals surface area (Å²) in [5.41, 5.74) is 5.10. The third-order valence-corrected chi connectivity index (χ3v) is 3.16. The Morgan fingerprint density at radius 3 is 2.94 bits per heavy atom. The number of nitrogens with two attached hydrogens (primary N) is 1. The maximum atomic E-state index is 11.6. The fourth-order valence-corrected chi connectivity index (χ4v) is 2.23. The second kappa shape index (κ2) is 4.09. The van der Waals surface area contributed by atoms with Gasteiger partial charge in [-0.15, -0.1) is 0 Å². The molecule has 0 aliphatic heterocycles. The van der Waals surface area contributed by atoms with Gasteiger partial charge in [-0.2, -0.15) is 0 Å². The van der Waals surface area contributed by atoms with Crippen molar-refractivity contribution < 1.29 is 0 Å². The fraction of sp³-hybridized carbons (Fsp3) is 0.444. The molecule has 86 valence electrons. The van der Waals surface area contributed by atoms with Crippen LogP contribution >= 0.6 is 11.3 Å². The summed E-state index contributed by atoms with van der Waals surface area (Å²) < 4.78 is 1.88. The number of aromatic amines is 1. The summed E-state index contributed by atoms with van der Waals surface area (Å²) in [7, 11) is 0. The van der Waals surface area contributed by atoms with Crippen LogP contribution in [0.4, 0.5) is 5.13 Å². The van der Waals surface area contributed by atoms with Crippen molar-refractivity contribution in [1.29, 1.82) is 0 Å². The Bertz CT molecular complexity index is 624. The molecule has 6 nitrogen and oxygen atoms in total. The van der Waals surface area contributed by atoms with Gasteiger partial charge in [0.25, 0.3) is 5.56 Å². The van der Waals surface area contributed by atoms with Crippen molar-refractivity contribution in [2.45, 2.75) is 26.3 Å². The normalized spacial score (nSPS) is 11.1. The number of rotatable bonds is 3. The van der Waals surface area contributed by atoms with Gasteiger partial charge < -0.3 is 5.73 Å². The van der Waals surface area contributed by atoms with E-state index in [1.165, 1.54) is 4.57 Å². The zero-order valence-electron chi connectivity index (χ0n) is 8.82. The van der Waals surface area contributed by atoms with Crippen LogP contribution in [0.15, 0.2) is 9.59 Å². The van der Waals surface area contributed by atoms with E-state index in [2.05, 4.69) is 9.97 Å². The lowest BCUT2D eigenvalue weighted by atomic mass is 10.3. The molecule has 0 aromatic carbocycles. The predicted octanol–water partition coefficient (Wildman–Crippen LogP) is 0.529. The van der Waals surface area contributed by atoms with Crippen LogP contribution in [-0.2, 0) is 6.54 Å². The molecule has 0 amide bonds. The molecular weight excluding hydrogens is 228 g/mol. The lowest BCUT2D eigenvalue weighted by molar-refractivity contribution is 0.614. The Balaban J connectivity index is 2.71. The summed E-state index contributed by atoms with van der Waals surface area (Å²) in [6.45, 7) is 2.58. The van der Waals surface area contributed by atoms with Crippen LogP contribution in [-0.4, -0.2) is 14.5 Å². The van der Waals surface area contributed by atoms with Crippen LogP contribution in [0, 0.1) is 0 Å². The number of hydrogen-bond donors (Lipinski definition) is 2. The van der Waals surface area contributed by atoms with Gasteiger partial charge in [0.1, 0.15) is 4.70 Å². The van der Waals surface area contributed by atoms with Gasteiger partial charge in [0, 0.05) is 6.54 Å². The van der Waals surface area contributed by atoms with Crippen molar-refractivity contribution in [3.05, 3.63) is 20.8 Å². The molecule has 0 atom stereocenters. The van der Waals surface area contributed by atoms with Crippen molar-refractivity contribution in [1.82, 2.24) is 14.5 Å². The van der Waals surface area contributed by atoms with Crippen LogP contribution < -0.4 is 17.0 Å². The molecule has 16 heavy (non-hydrogen) atoms. The minimum Gasteiger partial charge on any atom is -0.375 e. The van der Waals surface area contributed by atoms with Crippen molar-refractivity contribution in [2.24, 2.45) is 0 Å². The number of nitrogens with zero attached hydrogens (tertiary/aromatic N) is 2. The number of aromatic nitrogens is 3. The molecule has 2 aromatic heterocycles. The number of nitrogen functional groups attached to an aromatic ring is 1. The standard InChI is InChI=1S/C9H12N4O2S/c1-2-3-4-13-6-5(16-8(10)11-6)7(14)12-9(13)15/h2-4H2,1H3,(H2,10,11)(H,12,14,15). The Morgan fingerprint density at radius 2 is 2.25 bits per heavy atom. The molecule has 0 saturated carbocycles. The van der Waals surface area contributed by atoms with E-state index < -0.39 is 11.2 Å². The first kappa shape index (κ1) is 10.9. The number of unbranched alkanes of at least 4 members (excludes halogenated alkanes) is 1.